The minimum atomic E-state index is -4.60. The van der Waals surface area contributed by atoms with Crippen molar-refractivity contribution < 1.29 is 23.1 Å². The van der Waals surface area contributed by atoms with Crippen LogP contribution in [0.5, 0.6) is 0 Å². The molecule has 6 heteroatoms. The van der Waals surface area contributed by atoms with Crippen molar-refractivity contribution in [3.05, 3.63) is 0 Å². The molecule has 0 aliphatic rings. The summed E-state index contributed by atoms with van der Waals surface area (Å²) < 4.78 is 35.9. The molecule has 0 radical (unpaired) electrons. The van der Waals surface area contributed by atoms with Crippen LogP contribution < -0.4 is 5.32 Å². The SMILES string of the molecule is CC.CC(C)C(=O)NC(CO)C(F)(F)F. The number of hydrogen-bond acceptors (Lipinski definition) is 2. The molecule has 0 aliphatic heterocycles. The molecule has 0 aromatic carbocycles. The number of hydrogen-bond donors (Lipinski definition) is 2. The van der Waals surface area contributed by atoms with Crippen molar-refractivity contribution >= 4 is 5.91 Å². The maximum atomic E-state index is 12.0. The zero-order valence-electron chi connectivity index (χ0n) is 9.35. The smallest absolute Gasteiger partial charge is 0.394 e. The molecule has 0 aliphatic carbocycles. The van der Waals surface area contributed by atoms with Crippen molar-refractivity contribution in [2.45, 2.75) is 39.9 Å². The number of carbonyl (C=O) groups excluding carboxylic acids is 1. The lowest BCUT2D eigenvalue weighted by atomic mass is 10.2. The van der Waals surface area contributed by atoms with Gasteiger partial charge in [-0.15, -0.1) is 0 Å². The molecule has 0 bridgehead atoms. The van der Waals surface area contributed by atoms with Gasteiger partial charge < -0.3 is 10.4 Å². The maximum absolute atomic E-state index is 12.0. The van der Waals surface area contributed by atoms with E-state index in [1.54, 1.807) is 5.32 Å². The third kappa shape index (κ3) is 7.18. The van der Waals surface area contributed by atoms with Crippen LogP contribution in [-0.4, -0.2) is 29.8 Å². The Morgan fingerprint density at radius 2 is 1.73 bits per heavy atom. The standard InChI is InChI=1S/C7H12F3NO2.C2H6/c1-4(2)6(13)11-5(3-12)7(8,9)10;1-2/h4-5,12H,3H2,1-2H3,(H,11,13);1-2H3. The summed E-state index contributed by atoms with van der Waals surface area (Å²) in [7, 11) is 0. The molecule has 92 valence electrons. The maximum Gasteiger partial charge on any atom is 0.410 e. The predicted octanol–water partition coefficient (Wildman–Crippen LogP) is 1.71. The fourth-order valence-corrected chi connectivity index (χ4v) is 0.569. The van der Waals surface area contributed by atoms with E-state index in [1.807, 2.05) is 13.8 Å². The van der Waals surface area contributed by atoms with Crippen molar-refractivity contribution in [3.63, 3.8) is 0 Å². The van der Waals surface area contributed by atoms with E-state index >= 15 is 0 Å². The second kappa shape index (κ2) is 7.50. The highest BCUT2D eigenvalue weighted by Gasteiger charge is 2.40. The summed E-state index contributed by atoms with van der Waals surface area (Å²) in [6, 6.07) is -2.16. The van der Waals surface area contributed by atoms with Gasteiger partial charge >= 0.3 is 6.18 Å². The Morgan fingerprint density at radius 1 is 1.33 bits per heavy atom. The van der Waals surface area contributed by atoms with Gasteiger partial charge in [0.25, 0.3) is 0 Å². The van der Waals surface area contributed by atoms with Gasteiger partial charge in [-0.2, -0.15) is 13.2 Å². The molecule has 2 N–H and O–H groups in total. The zero-order valence-corrected chi connectivity index (χ0v) is 9.35. The Hall–Kier alpha value is -0.780. The van der Waals surface area contributed by atoms with Crippen molar-refractivity contribution in [3.8, 4) is 0 Å². The summed E-state index contributed by atoms with van der Waals surface area (Å²) >= 11 is 0. The first-order valence-corrected chi connectivity index (χ1v) is 4.77. The Bertz CT molecular complexity index is 181. The minimum absolute atomic E-state index is 0.531. The van der Waals surface area contributed by atoms with E-state index in [0.717, 1.165) is 0 Å². The van der Waals surface area contributed by atoms with Crippen LogP contribution >= 0.6 is 0 Å². The zero-order chi connectivity index (χ0) is 12.6. The highest BCUT2D eigenvalue weighted by atomic mass is 19.4. The average molecular weight is 229 g/mol. The molecule has 1 unspecified atom stereocenters. The van der Waals surface area contributed by atoms with Crippen LogP contribution in [0, 0.1) is 5.92 Å². The highest BCUT2D eigenvalue weighted by molar-refractivity contribution is 5.78. The topological polar surface area (TPSA) is 49.3 Å². The van der Waals surface area contributed by atoms with Gasteiger partial charge in [0.2, 0.25) is 5.91 Å². The molecule has 0 heterocycles. The van der Waals surface area contributed by atoms with Gasteiger partial charge in [-0.25, -0.2) is 0 Å². The van der Waals surface area contributed by atoms with Crippen LogP contribution in [0.25, 0.3) is 0 Å². The first-order valence-electron chi connectivity index (χ1n) is 4.77. The lowest BCUT2D eigenvalue weighted by Gasteiger charge is -2.20. The van der Waals surface area contributed by atoms with Gasteiger partial charge in [0.15, 0.2) is 0 Å². The van der Waals surface area contributed by atoms with Crippen LogP contribution in [0.1, 0.15) is 27.7 Å². The summed E-state index contributed by atoms with van der Waals surface area (Å²) in [6.45, 7) is 5.81. The Labute approximate surface area is 87.7 Å². The minimum Gasteiger partial charge on any atom is -0.394 e. The van der Waals surface area contributed by atoms with E-state index in [0.29, 0.717) is 0 Å². The van der Waals surface area contributed by atoms with E-state index < -0.39 is 30.7 Å². The fraction of sp³-hybridized carbons (Fsp3) is 0.889. The molecular weight excluding hydrogens is 211 g/mol. The van der Waals surface area contributed by atoms with E-state index in [2.05, 4.69) is 0 Å². The number of aliphatic hydroxyl groups excluding tert-OH is 1. The molecule has 0 rings (SSSR count). The number of nitrogens with one attached hydrogen (secondary N) is 1. The lowest BCUT2D eigenvalue weighted by molar-refractivity contribution is -0.169. The van der Waals surface area contributed by atoms with E-state index in [9.17, 15) is 18.0 Å². The summed E-state index contributed by atoms with van der Waals surface area (Å²) in [5, 5.41) is 10.0. The number of carbonyl (C=O) groups is 1. The van der Waals surface area contributed by atoms with Crippen molar-refractivity contribution in [1.82, 2.24) is 5.32 Å². The van der Waals surface area contributed by atoms with E-state index in [4.69, 9.17) is 5.11 Å². The van der Waals surface area contributed by atoms with Crippen molar-refractivity contribution in [2.24, 2.45) is 5.92 Å². The number of halogens is 3. The molecule has 0 aromatic heterocycles. The van der Waals surface area contributed by atoms with Crippen LogP contribution in [-0.2, 0) is 4.79 Å². The molecule has 0 saturated carbocycles. The number of rotatable bonds is 3. The molecular formula is C9H18F3NO2. The molecule has 1 atom stereocenters. The molecule has 0 saturated heterocycles. The van der Waals surface area contributed by atoms with E-state index in [1.165, 1.54) is 13.8 Å². The average Bonchev–Trinajstić information content (AvgIpc) is 2.14. The van der Waals surface area contributed by atoms with Crippen LogP contribution in [0.15, 0.2) is 0 Å². The van der Waals surface area contributed by atoms with Crippen molar-refractivity contribution in [2.75, 3.05) is 6.61 Å². The Kier molecular flexibility index (Phi) is 8.33. The normalized spacial score (nSPS) is 12.9. The van der Waals surface area contributed by atoms with Crippen LogP contribution in [0.2, 0.25) is 0 Å². The number of amides is 1. The summed E-state index contributed by atoms with van der Waals surface area (Å²) in [5.74, 6) is -1.26. The second-order valence-corrected chi connectivity index (χ2v) is 2.94. The number of alkyl halides is 3. The highest BCUT2D eigenvalue weighted by Crippen LogP contribution is 2.19. The molecule has 0 spiro atoms. The quantitative estimate of drug-likeness (QED) is 0.774. The summed E-state index contributed by atoms with van der Waals surface area (Å²) in [6.07, 6.45) is -4.60. The Morgan fingerprint density at radius 3 is 1.93 bits per heavy atom. The summed E-state index contributed by atoms with van der Waals surface area (Å²) in [4.78, 5) is 10.8. The third-order valence-electron chi connectivity index (χ3n) is 1.42. The molecule has 3 nitrogen and oxygen atoms in total. The van der Waals surface area contributed by atoms with Gasteiger partial charge in [0, 0.05) is 5.92 Å². The summed E-state index contributed by atoms with van der Waals surface area (Å²) in [5.41, 5.74) is 0. The first kappa shape index (κ1) is 16.6. The lowest BCUT2D eigenvalue weighted by Crippen LogP contribution is -2.49. The van der Waals surface area contributed by atoms with Gasteiger partial charge in [-0.05, 0) is 0 Å². The molecule has 15 heavy (non-hydrogen) atoms. The Balaban J connectivity index is 0. The van der Waals surface area contributed by atoms with Gasteiger partial charge in [-0.1, -0.05) is 27.7 Å². The first-order chi connectivity index (χ1) is 6.79. The fourth-order valence-electron chi connectivity index (χ4n) is 0.569. The molecule has 0 aromatic rings. The van der Waals surface area contributed by atoms with Crippen LogP contribution in [0.4, 0.5) is 13.2 Å². The monoisotopic (exact) mass is 229 g/mol. The second-order valence-electron chi connectivity index (χ2n) is 2.94. The van der Waals surface area contributed by atoms with Gasteiger partial charge in [0.05, 0.1) is 6.61 Å². The molecule has 1 amide bonds. The van der Waals surface area contributed by atoms with Crippen LogP contribution in [0.3, 0.4) is 0 Å². The van der Waals surface area contributed by atoms with Crippen molar-refractivity contribution in [1.29, 1.82) is 0 Å². The van der Waals surface area contributed by atoms with Gasteiger partial charge in [-0.3, -0.25) is 4.79 Å². The molecule has 0 fully saturated rings. The van der Waals surface area contributed by atoms with E-state index in [-0.39, 0.29) is 0 Å². The number of aliphatic hydroxyl groups is 1. The largest absolute Gasteiger partial charge is 0.410 e. The third-order valence-corrected chi connectivity index (χ3v) is 1.42. The predicted molar refractivity (Wildman–Crippen MR) is 51.3 cm³/mol. The van der Waals surface area contributed by atoms with Gasteiger partial charge in [0.1, 0.15) is 6.04 Å².